The molecule has 6 nitrogen and oxygen atoms in total. The maximum atomic E-state index is 12.9. The molecule has 0 aliphatic heterocycles. The summed E-state index contributed by atoms with van der Waals surface area (Å²) < 4.78 is 10.9. The van der Waals surface area contributed by atoms with Crippen molar-refractivity contribution >= 4 is 17.8 Å². The van der Waals surface area contributed by atoms with Crippen LogP contribution in [-0.4, -0.2) is 23.9 Å². The highest BCUT2D eigenvalue weighted by Gasteiger charge is 2.26. The molecule has 0 fully saturated rings. The van der Waals surface area contributed by atoms with Gasteiger partial charge in [-0.25, -0.2) is 9.59 Å². The van der Waals surface area contributed by atoms with Gasteiger partial charge in [-0.3, -0.25) is 4.79 Å². The predicted molar refractivity (Wildman–Crippen MR) is 142 cm³/mol. The first kappa shape index (κ1) is 25.9. The van der Waals surface area contributed by atoms with Gasteiger partial charge in [0.2, 0.25) is 0 Å². The van der Waals surface area contributed by atoms with E-state index in [1.807, 2.05) is 44.2 Å². The summed E-state index contributed by atoms with van der Waals surface area (Å²) in [4.78, 5) is 37.9. The quantitative estimate of drug-likeness (QED) is 0.128. The third-order valence-corrected chi connectivity index (χ3v) is 6.24. The molecular formula is C31H31NO5. The van der Waals surface area contributed by atoms with Gasteiger partial charge in [-0.1, -0.05) is 86.6 Å². The standard InChI is InChI=1S/C31H31NO5/c1-20(2)16-28(30(34)37-21(3)17-29(33)22-10-5-4-6-11-22)32-31(35)36-19-24-13-9-15-26-25-14-8-7-12-23(25)18-27(24)26/h4-15,17,20,28H,16,18-19H2,1-3H3,(H,32,35)/t28-/m0/s1. The van der Waals surface area contributed by atoms with Crippen molar-refractivity contribution in [3.63, 3.8) is 0 Å². The molecule has 0 heterocycles. The zero-order valence-electron chi connectivity index (χ0n) is 21.3. The van der Waals surface area contributed by atoms with Crippen LogP contribution in [0.3, 0.4) is 0 Å². The lowest BCUT2D eigenvalue weighted by molar-refractivity contribution is -0.142. The average Bonchev–Trinajstić information content (AvgIpc) is 3.26. The fourth-order valence-corrected chi connectivity index (χ4v) is 4.50. The van der Waals surface area contributed by atoms with E-state index < -0.39 is 18.1 Å². The number of benzene rings is 3. The first-order chi connectivity index (χ1) is 17.8. The fourth-order valence-electron chi connectivity index (χ4n) is 4.50. The molecule has 0 bridgehead atoms. The van der Waals surface area contributed by atoms with E-state index in [1.165, 1.54) is 24.1 Å². The monoisotopic (exact) mass is 497 g/mol. The van der Waals surface area contributed by atoms with Gasteiger partial charge < -0.3 is 14.8 Å². The Hall–Kier alpha value is -4.19. The number of ketones is 1. The van der Waals surface area contributed by atoms with E-state index in [0.29, 0.717) is 12.0 Å². The molecule has 1 aliphatic rings. The van der Waals surface area contributed by atoms with Crippen LogP contribution in [0.5, 0.6) is 0 Å². The third kappa shape index (κ3) is 6.53. The van der Waals surface area contributed by atoms with Gasteiger partial charge in [0.25, 0.3) is 0 Å². The lowest BCUT2D eigenvalue weighted by atomic mass is 10.0. The number of hydrogen-bond acceptors (Lipinski definition) is 5. The Morgan fingerprint density at radius 3 is 2.38 bits per heavy atom. The molecule has 0 saturated carbocycles. The number of allylic oxidation sites excluding steroid dienone is 2. The van der Waals surface area contributed by atoms with Gasteiger partial charge in [-0.2, -0.15) is 0 Å². The Labute approximate surface area is 217 Å². The minimum absolute atomic E-state index is 0.0942. The van der Waals surface area contributed by atoms with Gasteiger partial charge in [0.1, 0.15) is 18.4 Å². The second-order valence-corrected chi connectivity index (χ2v) is 9.59. The molecule has 1 N–H and O–H groups in total. The number of rotatable bonds is 9. The van der Waals surface area contributed by atoms with Crippen LogP contribution in [0.25, 0.3) is 11.1 Å². The minimum Gasteiger partial charge on any atom is -0.445 e. The largest absolute Gasteiger partial charge is 0.445 e. The first-order valence-electron chi connectivity index (χ1n) is 12.4. The number of ether oxygens (including phenoxy) is 2. The average molecular weight is 498 g/mol. The number of esters is 1. The molecule has 1 atom stereocenters. The number of nitrogens with one attached hydrogen (secondary N) is 1. The second-order valence-electron chi connectivity index (χ2n) is 9.59. The van der Waals surface area contributed by atoms with Crippen LogP contribution in [-0.2, 0) is 27.3 Å². The summed E-state index contributed by atoms with van der Waals surface area (Å²) in [5.41, 5.74) is 6.20. The maximum Gasteiger partial charge on any atom is 0.408 e. The highest BCUT2D eigenvalue weighted by atomic mass is 16.6. The predicted octanol–water partition coefficient (Wildman–Crippen LogP) is 6.23. The molecule has 190 valence electrons. The molecule has 0 spiro atoms. The topological polar surface area (TPSA) is 81.7 Å². The van der Waals surface area contributed by atoms with E-state index >= 15 is 0 Å². The van der Waals surface area contributed by atoms with Crippen molar-refractivity contribution in [1.29, 1.82) is 0 Å². The van der Waals surface area contributed by atoms with Crippen molar-refractivity contribution in [2.24, 2.45) is 5.92 Å². The van der Waals surface area contributed by atoms with Crippen LogP contribution in [0.4, 0.5) is 4.79 Å². The summed E-state index contributed by atoms with van der Waals surface area (Å²) in [5.74, 6) is -0.640. The highest BCUT2D eigenvalue weighted by Crippen LogP contribution is 2.38. The molecule has 0 radical (unpaired) electrons. The number of hydrogen-bond donors (Lipinski definition) is 1. The molecule has 4 rings (SSSR count). The van der Waals surface area contributed by atoms with Crippen LogP contribution in [0.15, 0.2) is 84.6 Å². The van der Waals surface area contributed by atoms with Gasteiger partial charge in [-0.15, -0.1) is 0 Å². The van der Waals surface area contributed by atoms with Crippen LogP contribution in [0, 0.1) is 5.92 Å². The molecule has 3 aromatic carbocycles. The van der Waals surface area contributed by atoms with E-state index in [2.05, 4.69) is 23.5 Å². The molecule has 1 amide bonds. The van der Waals surface area contributed by atoms with E-state index in [0.717, 1.165) is 23.1 Å². The normalized spacial score (nSPS) is 12.9. The van der Waals surface area contributed by atoms with Crippen LogP contribution in [0.2, 0.25) is 0 Å². The number of fused-ring (bicyclic) bond motifs is 3. The van der Waals surface area contributed by atoms with Crippen molar-refractivity contribution in [3.8, 4) is 11.1 Å². The van der Waals surface area contributed by atoms with Gasteiger partial charge in [0, 0.05) is 11.6 Å². The molecule has 0 saturated heterocycles. The minimum atomic E-state index is -0.909. The lowest BCUT2D eigenvalue weighted by Gasteiger charge is -2.19. The van der Waals surface area contributed by atoms with Crippen molar-refractivity contribution in [2.45, 2.75) is 46.3 Å². The Morgan fingerprint density at radius 2 is 1.62 bits per heavy atom. The fraction of sp³-hybridized carbons (Fsp3) is 0.258. The van der Waals surface area contributed by atoms with Gasteiger partial charge in [-0.05, 0) is 53.5 Å². The summed E-state index contributed by atoms with van der Waals surface area (Å²) in [6, 6.07) is 22.1. The van der Waals surface area contributed by atoms with Crippen molar-refractivity contribution in [1.82, 2.24) is 5.32 Å². The van der Waals surface area contributed by atoms with E-state index in [9.17, 15) is 14.4 Å². The molecule has 3 aromatic rings. The van der Waals surface area contributed by atoms with Crippen molar-refractivity contribution < 1.29 is 23.9 Å². The summed E-state index contributed by atoms with van der Waals surface area (Å²) >= 11 is 0. The van der Waals surface area contributed by atoms with Crippen molar-refractivity contribution in [2.75, 3.05) is 0 Å². The third-order valence-electron chi connectivity index (χ3n) is 6.24. The summed E-state index contributed by atoms with van der Waals surface area (Å²) in [7, 11) is 0. The van der Waals surface area contributed by atoms with Crippen LogP contribution in [0.1, 0.15) is 54.2 Å². The zero-order valence-corrected chi connectivity index (χ0v) is 21.3. The number of alkyl carbamates (subject to hydrolysis) is 1. The Kier molecular flexibility index (Phi) is 8.18. The lowest BCUT2D eigenvalue weighted by Crippen LogP contribution is -2.42. The summed E-state index contributed by atoms with van der Waals surface area (Å²) in [6.07, 6.45) is 1.73. The molecular weight excluding hydrogens is 466 g/mol. The van der Waals surface area contributed by atoms with E-state index in [-0.39, 0.29) is 24.1 Å². The molecule has 1 aliphatic carbocycles. The molecule has 0 unspecified atom stereocenters. The summed E-state index contributed by atoms with van der Waals surface area (Å²) in [6.45, 7) is 5.52. The molecule has 6 heteroatoms. The molecule has 37 heavy (non-hydrogen) atoms. The number of carbonyl (C=O) groups is 3. The van der Waals surface area contributed by atoms with Gasteiger partial charge in [0.15, 0.2) is 5.78 Å². The van der Waals surface area contributed by atoms with Crippen LogP contribution < -0.4 is 5.32 Å². The van der Waals surface area contributed by atoms with Crippen LogP contribution >= 0.6 is 0 Å². The number of carbonyl (C=O) groups excluding carboxylic acids is 3. The Balaban J connectivity index is 1.37. The van der Waals surface area contributed by atoms with Gasteiger partial charge in [0.05, 0.1) is 0 Å². The Bertz CT molecular complexity index is 1330. The maximum absolute atomic E-state index is 12.9. The smallest absolute Gasteiger partial charge is 0.408 e. The summed E-state index contributed by atoms with van der Waals surface area (Å²) in [5, 5.41) is 2.65. The van der Waals surface area contributed by atoms with Gasteiger partial charge >= 0.3 is 12.1 Å². The zero-order chi connectivity index (χ0) is 26.4. The second kappa shape index (κ2) is 11.7. The van der Waals surface area contributed by atoms with Crippen molar-refractivity contribution in [3.05, 3.63) is 107 Å². The van der Waals surface area contributed by atoms with E-state index in [4.69, 9.17) is 9.47 Å². The SMILES string of the molecule is CC(=CC(=O)c1ccccc1)OC(=O)[C@H](CC(C)C)NC(=O)OCc1cccc2c1Cc1ccccc1-2. The Morgan fingerprint density at radius 1 is 0.919 bits per heavy atom. The highest BCUT2D eigenvalue weighted by molar-refractivity contribution is 6.04. The molecule has 0 aromatic heterocycles. The number of amides is 1. The first-order valence-corrected chi connectivity index (χ1v) is 12.4. The van der Waals surface area contributed by atoms with E-state index in [1.54, 1.807) is 24.3 Å².